The lowest BCUT2D eigenvalue weighted by molar-refractivity contribution is -0.136. The first kappa shape index (κ1) is 20.0. The zero-order chi connectivity index (χ0) is 21.4. The number of rotatable bonds is 5. The fourth-order valence-electron chi connectivity index (χ4n) is 4.07. The summed E-state index contributed by atoms with van der Waals surface area (Å²) >= 11 is 3.46. The Balaban J connectivity index is 1.53. The normalized spacial score (nSPS) is 16.2. The Morgan fingerprint density at radius 1 is 1.19 bits per heavy atom. The SMILES string of the molecule is O=C(C1CCNC1)N(Cc1ccccc1)Cc1nc2c(oc3ccc(Br)cc32)c(=O)[nH]1. The molecule has 1 unspecified atom stereocenters. The summed E-state index contributed by atoms with van der Waals surface area (Å²) in [5.41, 5.74) is 1.98. The summed E-state index contributed by atoms with van der Waals surface area (Å²) in [5, 5.41) is 4.02. The van der Waals surface area contributed by atoms with Crippen LogP contribution >= 0.6 is 15.9 Å². The summed E-state index contributed by atoms with van der Waals surface area (Å²) in [6.45, 7) is 2.19. The molecule has 4 aromatic rings. The molecule has 0 radical (unpaired) electrons. The van der Waals surface area contributed by atoms with Gasteiger partial charge in [-0.25, -0.2) is 4.98 Å². The maximum atomic E-state index is 13.3. The van der Waals surface area contributed by atoms with E-state index in [1.165, 1.54) is 0 Å². The molecule has 31 heavy (non-hydrogen) atoms. The predicted octanol–water partition coefficient (Wildman–Crippen LogP) is 3.57. The van der Waals surface area contributed by atoms with Crippen molar-refractivity contribution in [3.8, 4) is 0 Å². The van der Waals surface area contributed by atoms with Gasteiger partial charge < -0.3 is 19.6 Å². The molecular weight excluding hydrogens is 460 g/mol. The molecule has 1 amide bonds. The lowest BCUT2D eigenvalue weighted by atomic mass is 10.1. The zero-order valence-electron chi connectivity index (χ0n) is 16.7. The predicted molar refractivity (Wildman–Crippen MR) is 122 cm³/mol. The van der Waals surface area contributed by atoms with Crippen molar-refractivity contribution in [2.45, 2.75) is 19.5 Å². The van der Waals surface area contributed by atoms with Gasteiger partial charge in [-0.05, 0) is 36.7 Å². The van der Waals surface area contributed by atoms with E-state index in [1.54, 1.807) is 11.0 Å². The number of carbonyl (C=O) groups is 1. The van der Waals surface area contributed by atoms with Gasteiger partial charge in [0.05, 0.1) is 12.5 Å². The number of aromatic nitrogens is 2. The molecule has 2 aromatic heterocycles. The van der Waals surface area contributed by atoms with Crippen molar-refractivity contribution >= 4 is 43.9 Å². The van der Waals surface area contributed by atoms with Gasteiger partial charge in [0.1, 0.15) is 16.9 Å². The van der Waals surface area contributed by atoms with Crippen molar-refractivity contribution in [1.82, 2.24) is 20.2 Å². The molecular formula is C23H21BrN4O3. The van der Waals surface area contributed by atoms with Crippen molar-refractivity contribution in [2.75, 3.05) is 13.1 Å². The highest BCUT2D eigenvalue weighted by Gasteiger charge is 2.28. The van der Waals surface area contributed by atoms with Gasteiger partial charge in [0.15, 0.2) is 0 Å². The molecule has 1 fully saturated rings. The van der Waals surface area contributed by atoms with Crippen LogP contribution in [0.4, 0.5) is 0 Å². The van der Waals surface area contributed by atoms with Crippen LogP contribution in [0.1, 0.15) is 17.8 Å². The first-order chi connectivity index (χ1) is 15.1. The van der Waals surface area contributed by atoms with E-state index < -0.39 is 0 Å². The topological polar surface area (TPSA) is 91.2 Å². The highest BCUT2D eigenvalue weighted by molar-refractivity contribution is 9.10. The Bertz CT molecular complexity index is 1310. The van der Waals surface area contributed by atoms with E-state index in [9.17, 15) is 9.59 Å². The number of benzene rings is 2. The second kappa shape index (κ2) is 8.28. The van der Waals surface area contributed by atoms with Gasteiger partial charge in [-0.15, -0.1) is 0 Å². The summed E-state index contributed by atoms with van der Waals surface area (Å²) < 4.78 is 6.58. The van der Waals surface area contributed by atoms with E-state index in [4.69, 9.17) is 4.42 Å². The van der Waals surface area contributed by atoms with E-state index in [2.05, 4.69) is 31.2 Å². The zero-order valence-corrected chi connectivity index (χ0v) is 18.3. The minimum absolute atomic E-state index is 0.0649. The molecule has 8 heteroatoms. The molecule has 1 saturated heterocycles. The Hall–Kier alpha value is -2.97. The molecule has 0 aliphatic carbocycles. The van der Waals surface area contributed by atoms with Crippen LogP contribution < -0.4 is 10.9 Å². The number of hydrogen-bond donors (Lipinski definition) is 2. The van der Waals surface area contributed by atoms with Crippen LogP contribution in [0.15, 0.2) is 62.2 Å². The molecule has 2 aromatic carbocycles. The minimum Gasteiger partial charge on any atom is -0.449 e. The summed E-state index contributed by atoms with van der Waals surface area (Å²) in [4.78, 5) is 35.2. The molecule has 1 atom stereocenters. The molecule has 0 spiro atoms. The van der Waals surface area contributed by atoms with Gasteiger partial charge in [0.25, 0.3) is 5.56 Å². The number of aromatic amines is 1. The van der Waals surface area contributed by atoms with Crippen molar-refractivity contribution in [3.05, 3.63) is 74.7 Å². The summed E-state index contributed by atoms with van der Waals surface area (Å²) in [6, 6.07) is 15.4. The Kier molecular flexibility index (Phi) is 5.33. The standard InChI is InChI=1S/C23H21BrN4O3/c24-16-6-7-18-17(10-16)20-21(31-18)22(29)27-19(26-20)13-28(12-14-4-2-1-3-5-14)23(30)15-8-9-25-11-15/h1-7,10,15,25H,8-9,11-13H2,(H,26,27,29). The fraction of sp³-hybridized carbons (Fsp3) is 0.261. The van der Waals surface area contributed by atoms with Crippen molar-refractivity contribution in [1.29, 1.82) is 0 Å². The molecule has 1 aliphatic heterocycles. The second-order valence-electron chi connectivity index (χ2n) is 7.80. The number of hydrogen-bond acceptors (Lipinski definition) is 5. The summed E-state index contributed by atoms with van der Waals surface area (Å²) in [7, 11) is 0. The number of halogens is 1. The highest BCUT2D eigenvalue weighted by Crippen LogP contribution is 2.28. The van der Waals surface area contributed by atoms with E-state index >= 15 is 0 Å². The third-order valence-corrected chi connectivity index (χ3v) is 6.11. The van der Waals surface area contributed by atoms with E-state index in [1.807, 2.05) is 42.5 Å². The maximum absolute atomic E-state index is 13.3. The van der Waals surface area contributed by atoms with Crippen molar-refractivity contribution < 1.29 is 9.21 Å². The highest BCUT2D eigenvalue weighted by atomic mass is 79.9. The number of nitrogens with one attached hydrogen (secondary N) is 2. The average Bonchev–Trinajstić information content (AvgIpc) is 3.42. The van der Waals surface area contributed by atoms with Crippen LogP contribution in [0, 0.1) is 5.92 Å². The lowest BCUT2D eigenvalue weighted by Crippen LogP contribution is -2.37. The summed E-state index contributed by atoms with van der Waals surface area (Å²) in [6.07, 6.45) is 0.813. The molecule has 3 heterocycles. The Labute approximate surface area is 186 Å². The van der Waals surface area contributed by atoms with Crippen molar-refractivity contribution in [2.24, 2.45) is 5.92 Å². The maximum Gasteiger partial charge on any atom is 0.294 e. The van der Waals surface area contributed by atoms with Gasteiger partial charge in [0.2, 0.25) is 11.5 Å². The fourth-order valence-corrected chi connectivity index (χ4v) is 4.43. The summed E-state index contributed by atoms with van der Waals surface area (Å²) in [5.74, 6) is 0.441. The second-order valence-corrected chi connectivity index (χ2v) is 8.72. The Morgan fingerprint density at radius 3 is 2.81 bits per heavy atom. The minimum atomic E-state index is -0.345. The smallest absolute Gasteiger partial charge is 0.294 e. The van der Waals surface area contributed by atoms with E-state index in [0.717, 1.165) is 28.4 Å². The molecule has 2 N–H and O–H groups in total. The number of furan rings is 1. The van der Waals surface area contributed by atoms with Crippen LogP contribution in [0.5, 0.6) is 0 Å². The van der Waals surface area contributed by atoms with Crippen LogP contribution in [0.25, 0.3) is 22.1 Å². The van der Waals surface area contributed by atoms with E-state index in [0.29, 0.717) is 30.0 Å². The quantitative estimate of drug-likeness (QED) is 0.455. The molecule has 0 bridgehead atoms. The van der Waals surface area contributed by atoms with Crippen LogP contribution in [-0.2, 0) is 17.9 Å². The monoisotopic (exact) mass is 480 g/mol. The average molecular weight is 481 g/mol. The number of amides is 1. The van der Waals surface area contributed by atoms with Gasteiger partial charge >= 0.3 is 0 Å². The van der Waals surface area contributed by atoms with Crippen LogP contribution in [0.2, 0.25) is 0 Å². The number of nitrogens with zero attached hydrogens (tertiary/aromatic N) is 2. The van der Waals surface area contributed by atoms with Crippen LogP contribution in [0.3, 0.4) is 0 Å². The molecule has 158 valence electrons. The first-order valence-electron chi connectivity index (χ1n) is 10.2. The van der Waals surface area contributed by atoms with Gasteiger partial charge in [-0.2, -0.15) is 0 Å². The molecule has 0 saturated carbocycles. The van der Waals surface area contributed by atoms with Gasteiger partial charge in [-0.1, -0.05) is 46.3 Å². The molecule has 7 nitrogen and oxygen atoms in total. The Morgan fingerprint density at radius 2 is 2.03 bits per heavy atom. The molecule has 1 aliphatic rings. The molecule has 5 rings (SSSR count). The third-order valence-electron chi connectivity index (χ3n) is 5.61. The lowest BCUT2D eigenvalue weighted by Gasteiger charge is -2.25. The number of carbonyl (C=O) groups excluding carboxylic acids is 1. The number of H-pyrrole nitrogens is 1. The first-order valence-corrected chi connectivity index (χ1v) is 11.0. The van der Waals surface area contributed by atoms with Crippen LogP contribution in [-0.4, -0.2) is 33.9 Å². The largest absolute Gasteiger partial charge is 0.449 e. The number of fused-ring (bicyclic) bond motifs is 3. The van der Waals surface area contributed by atoms with Gasteiger partial charge in [-0.3, -0.25) is 9.59 Å². The van der Waals surface area contributed by atoms with E-state index in [-0.39, 0.29) is 29.5 Å². The van der Waals surface area contributed by atoms with Crippen molar-refractivity contribution in [3.63, 3.8) is 0 Å². The third kappa shape index (κ3) is 4.00. The van der Waals surface area contributed by atoms with Gasteiger partial charge in [0, 0.05) is 22.9 Å².